The molecule has 1 amide bonds. The standard InChI is InChI=1S/C15H20N4O/c1-11-9-16-15(18-11)17-10-14(20)19-8-4-6-12-5-2-3-7-13(12)19/h2-3,5,7,11H,4,6,8-10H2,1H3,(H2,16,17,18). The lowest BCUT2D eigenvalue weighted by atomic mass is 10.0. The maximum absolute atomic E-state index is 12.4. The molecule has 1 aromatic carbocycles. The fourth-order valence-electron chi connectivity index (χ4n) is 2.71. The van der Waals surface area contributed by atoms with Crippen molar-refractivity contribution in [2.24, 2.45) is 4.99 Å². The Kier molecular flexibility index (Phi) is 3.58. The van der Waals surface area contributed by atoms with E-state index in [2.05, 4.69) is 28.6 Å². The van der Waals surface area contributed by atoms with Crippen molar-refractivity contribution < 1.29 is 4.79 Å². The first kappa shape index (κ1) is 13.0. The fraction of sp³-hybridized carbons (Fsp3) is 0.467. The van der Waals surface area contributed by atoms with Gasteiger partial charge in [0, 0.05) is 18.3 Å². The number of carbonyl (C=O) groups excluding carboxylic acids is 1. The molecule has 2 aliphatic heterocycles. The lowest BCUT2D eigenvalue weighted by Gasteiger charge is -2.29. The Bertz CT molecular complexity index is 540. The Labute approximate surface area is 119 Å². The minimum atomic E-state index is 0.0983. The van der Waals surface area contributed by atoms with E-state index in [-0.39, 0.29) is 12.5 Å². The average Bonchev–Trinajstić information content (AvgIpc) is 2.90. The van der Waals surface area contributed by atoms with E-state index in [1.165, 1.54) is 5.56 Å². The number of benzene rings is 1. The van der Waals surface area contributed by atoms with Gasteiger partial charge >= 0.3 is 0 Å². The van der Waals surface area contributed by atoms with E-state index in [4.69, 9.17) is 0 Å². The van der Waals surface area contributed by atoms with Gasteiger partial charge in [-0.3, -0.25) is 9.79 Å². The first-order chi connectivity index (χ1) is 9.74. The highest BCUT2D eigenvalue weighted by Crippen LogP contribution is 2.26. The average molecular weight is 272 g/mol. The lowest BCUT2D eigenvalue weighted by Crippen LogP contribution is -2.45. The van der Waals surface area contributed by atoms with E-state index in [0.29, 0.717) is 6.04 Å². The molecule has 20 heavy (non-hydrogen) atoms. The molecule has 0 saturated carbocycles. The molecule has 1 aromatic rings. The van der Waals surface area contributed by atoms with Gasteiger partial charge in [0.2, 0.25) is 5.91 Å². The highest BCUT2D eigenvalue weighted by Gasteiger charge is 2.22. The zero-order chi connectivity index (χ0) is 13.9. The van der Waals surface area contributed by atoms with Gasteiger partial charge in [-0.1, -0.05) is 18.2 Å². The van der Waals surface area contributed by atoms with Crippen LogP contribution in [0.15, 0.2) is 29.3 Å². The molecule has 5 nitrogen and oxygen atoms in total. The Hall–Kier alpha value is -2.04. The second-order valence-corrected chi connectivity index (χ2v) is 5.37. The van der Waals surface area contributed by atoms with Gasteiger partial charge in [0.05, 0.1) is 13.1 Å². The van der Waals surface area contributed by atoms with Crippen molar-refractivity contribution in [2.45, 2.75) is 25.8 Å². The summed E-state index contributed by atoms with van der Waals surface area (Å²) in [5.74, 6) is 0.831. The van der Waals surface area contributed by atoms with Gasteiger partial charge in [-0.25, -0.2) is 0 Å². The van der Waals surface area contributed by atoms with E-state index in [9.17, 15) is 4.79 Å². The molecular formula is C15H20N4O. The van der Waals surface area contributed by atoms with Crippen LogP contribution >= 0.6 is 0 Å². The molecule has 0 radical (unpaired) electrons. The van der Waals surface area contributed by atoms with Crippen LogP contribution in [0, 0.1) is 0 Å². The zero-order valence-corrected chi connectivity index (χ0v) is 11.7. The summed E-state index contributed by atoms with van der Waals surface area (Å²) in [5, 5.41) is 6.29. The van der Waals surface area contributed by atoms with E-state index in [1.54, 1.807) is 0 Å². The Balaban J connectivity index is 1.63. The third-order valence-electron chi connectivity index (χ3n) is 3.72. The maximum atomic E-state index is 12.4. The van der Waals surface area contributed by atoms with Gasteiger partial charge < -0.3 is 15.5 Å². The number of guanidine groups is 1. The van der Waals surface area contributed by atoms with Crippen LogP contribution in [0.3, 0.4) is 0 Å². The summed E-state index contributed by atoms with van der Waals surface area (Å²) in [6, 6.07) is 8.50. The number of rotatable bonds is 2. The van der Waals surface area contributed by atoms with Gasteiger partial charge in [0.15, 0.2) is 5.96 Å². The lowest BCUT2D eigenvalue weighted by molar-refractivity contribution is -0.117. The number of nitrogens with zero attached hydrogens (tertiary/aromatic N) is 2. The van der Waals surface area contributed by atoms with Gasteiger partial charge in [-0.2, -0.15) is 0 Å². The predicted molar refractivity (Wildman–Crippen MR) is 80.0 cm³/mol. The van der Waals surface area contributed by atoms with Crippen LogP contribution in [0.4, 0.5) is 5.69 Å². The van der Waals surface area contributed by atoms with Crippen LogP contribution in [-0.2, 0) is 11.2 Å². The second kappa shape index (κ2) is 5.53. The summed E-state index contributed by atoms with van der Waals surface area (Å²) in [6.45, 7) is 3.92. The smallest absolute Gasteiger partial charge is 0.246 e. The Morgan fingerprint density at radius 2 is 2.35 bits per heavy atom. The Morgan fingerprint density at radius 1 is 1.50 bits per heavy atom. The largest absolute Gasteiger partial charge is 0.352 e. The minimum Gasteiger partial charge on any atom is -0.352 e. The number of nitrogens with one attached hydrogen (secondary N) is 2. The van der Waals surface area contributed by atoms with E-state index >= 15 is 0 Å². The monoisotopic (exact) mass is 272 g/mol. The van der Waals surface area contributed by atoms with Crippen molar-refractivity contribution >= 4 is 17.6 Å². The van der Waals surface area contributed by atoms with Crippen LogP contribution in [-0.4, -0.2) is 37.5 Å². The number of aryl methyl sites for hydroxylation is 1. The molecule has 2 heterocycles. The van der Waals surface area contributed by atoms with Crippen molar-refractivity contribution in [1.29, 1.82) is 0 Å². The van der Waals surface area contributed by atoms with Crippen molar-refractivity contribution in [1.82, 2.24) is 10.6 Å². The molecule has 1 unspecified atom stereocenters. The molecule has 3 rings (SSSR count). The second-order valence-electron chi connectivity index (χ2n) is 5.37. The number of anilines is 1. The third kappa shape index (κ3) is 2.61. The molecule has 0 fully saturated rings. The summed E-state index contributed by atoms with van der Waals surface area (Å²) in [4.78, 5) is 18.6. The molecule has 0 aromatic heterocycles. The van der Waals surface area contributed by atoms with Crippen LogP contribution < -0.4 is 15.5 Å². The van der Waals surface area contributed by atoms with Crippen molar-refractivity contribution in [3.05, 3.63) is 29.8 Å². The van der Waals surface area contributed by atoms with Crippen LogP contribution in [0.5, 0.6) is 0 Å². The fourth-order valence-corrected chi connectivity index (χ4v) is 2.71. The minimum absolute atomic E-state index is 0.0983. The normalized spacial score (nSPS) is 20.9. The number of hydrogen-bond donors (Lipinski definition) is 2. The SMILES string of the molecule is CC1CN=C(NCC(=O)N2CCCc3ccccc32)N1. The van der Waals surface area contributed by atoms with Crippen LogP contribution in [0.25, 0.3) is 0 Å². The summed E-state index contributed by atoms with van der Waals surface area (Å²) in [6.07, 6.45) is 2.08. The summed E-state index contributed by atoms with van der Waals surface area (Å²) < 4.78 is 0. The molecule has 2 aliphatic rings. The third-order valence-corrected chi connectivity index (χ3v) is 3.72. The van der Waals surface area contributed by atoms with E-state index in [1.807, 2.05) is 23.1 Å². The molecule has 5 heteroatoms. The molecule has 0 aliphatic carbocycles. The number of fused-ring (bicyclic) bond motifs is 1. The topological polar surface area (TPSA) is 56.7 Å². The number of para-hydroxylation sites is 1. The zero-order valence-electron chi connectivity index (χ0n) is 11.7. The quantitative estimate of drug-likeness (QED) is 0.841. The summed E-state index contributed by atoms with van der Waals surface area (Å²) >= 11 is 0. The van der Waals surface area contributed by atoms with Crippen molar-refractivity contribution in [2.75, 3.05) is 24.5 Å². The van der Waals surface area contributed by atoms with Gasteiger partial charge in [0.25, 0.3) is 0 Å². The Morgan fingerprint density at radius 3 is 3.15 bits per heavy atom. The first-order valence-electron chi connectivity index (χ1n) is 7.17. The highest BCUT2D eigenvalue weighted by atomic mass is 16.2. The van der Waals surface area contributed by atoms with Gasteiger partial charge in [-0.05, 0) is 31.4 Å². The molecule has 0 saturated heterocycles. The van der Waals surface area contributed by atoms with Gasteiger partial charge in [0.1, 0.15) is 0 Å². The van der Waals surface area contributed by atoms with Crippen LogP contribution in [0.1, 0.15) is 18.9 Å². The molecule has 106 valence electrons. The molecular weight excluding hydrogens is 252 g/mol. The molecule has 0 bridgehead atoms. The van der Waals surface area contributed by atoms with E-state index < -0.39 is 0 Å². The summed E-state index contributed by atoms with van der Waals surface area (Å²) in [7, 11) is 0. The number of aliphatic imine (C=N–C) groups is 1. The number of hydrogen-bond acceptors (Lipinski definition) is 4. The van der Waals surface area contributed by atoms with Crippen molar-refractivity contribution in [3.63, 3.8) is 0 Å². The van der Waals surface area contributed by atoms with Crippen LogP contribution in [0.2, 0.25) is 0 Å². The summed E-state index contributed by atoms with van der Waals surface area (Å²) in [5.41, 5.74) is 2.32. The molecule has 1 atom stereocenters. The maximum Gasteiger partial charge on any atom is 0.246 e. The van der Waals surface area contributed by atoms with E-state index in [0.717, 1.165) is 37.6 Å². The predicted octanol–water partition coefficient (Wildman–Crippen LogP) is 0.903. The van der Waals surface area contributed by atoms with Gasteiger partial charge in [-0.15, -0.1) is 0 Å². The number of carbonyl (C=O) groups is 1. The first-order valence-corrected chi connectivity index (χ1v) is 7.17. The molecule has 0 spiro atoms. The highest BCUT2D eigenvalue weighted by molar-refractivity contribution is 5.98. The van der Waals surface area contributed by atoms with Crippen molar-refractivity contribution in [3.8, 4) is 0 Å². The molecule has 2 N–H and O–H groups in total. The number of amides is 1.